The zero-order valence-corrected chi connectivity index (χ0v) is 16.2. The fourth-order valence-electron chi connectivity index (χ4n) is 2.43. The highest BCUT2D eigenvalue weighted by atomic mass is 16.3. The Hall–Kier alpha value is -1.89. The minimum absolute atomic E-state index is 0.245. The first kappa shape index (κ1) is 23.1. The van der Waals surface area contributed by atoms with Crippen molar-refractivity contribution in [1.82, 2.24) is 9.80 Å². The Balaban J connectivity index is 5.13. The third-order valence-corrected chi connectivity index (χ3v) is 4.26. The minimum Gasteiger partial charge on any atom is -0.390 e. The largest absolute Gasteiger partial charge is 0.390 e. The summed E-state index contributed by atoms with van der Waals surface area (Å²) in [6, 6.07) is -1.86. The van der Waals surface area contributed by atoms with Crippen molar-refractivity contribution < 1.29 is 19.5 Å². The van der Waals surface area contributed by atoms with Gasteiger partial charge in [0, 0.05) is 20.5 Å². The highest BCUT2D eigenvalue weighted by Gasteiger charge is 2.36. The molecular formula is C18H33N3O4. The highest BCUT2D eigenvalue weighted by Crippen LogP contribution is 2.17. The van der Waals surface area contributed by atoms with Crippen molar-refractivity contribution in [2.75, 3.05) is 14.1 Å². The molecule has 0 bridgehead atoms. The van der Waals surface area contributed by atoms with Crippen LogP contribution >= 0.6 is 0 Å². The zero-order valence-electron chi connectivity index (χ0n) is 16.2. The Morgan fingerprint density at radius 2 is 1.72 bits per heavy atom. The Morgan fingerprint density at radius 1 is 1.16 bits per heavy atom. The summed E-state index contributed by atoms with van der Waals surface area (Å²) in [6.07, 6.45) is 4.06. The Bertz CT molecular complexity index is 491. The molecule has 2 unspecified atom stereocenters. The number of primary amides is 1. The number of amides is 4. The van der Waals surface area contributed by atoms with Crippen molar-refractivity contribution in [2.45, 2.75) is 59.1 Å². The van der Waals surface area contributed by atoms with Crippen LogP contribution in [0.25, 0.3) is 0 Å². The van der Waals surface area contributed by atoms with Crippen LogP contribution in [0.4, 0.5) is 4.79 Å². The molecule has 0 spiro atoms. The van der Waals surface area contributed by atoms with Gasteiger partial charge in [0.1, 0.15) is 6.04 Å². The Kier molecular flexibility index (Phi) is 10.0. The average molecular weight is 355 g/mol. The van der Waals surface area contributed by atoms with Crippen molar-refractivity contribution in [3.8, 4) is 0 Å². The molecule has 3 N–H and O–H groups in total. The van der Waals surface area contributed by atoms with Crippen LogP contribution in [0.5, 0.6) is 0 Å². The number of hydrogen-bond donors (Lipinski definition) is 2. The maximum absolute atomic E-state index is 12.5. The van der Waals surface area contributed by atoms with E-state index in [-0.39, 0.29) is 18.2 Å². The highest BCUT2D eigenvalue weighted by molar-refractivity contribution is 5.96. The molecule has 3 atom stereocenters. The second-order valence-electron chi connectivity index (χ2n) is 6.90. The van der Waals surface area contributed by atoms with Gasteiger partial charge in [0.05, 0.1) is 6.10 Å². The summed E-state index contributed by atoms with van der Waals surface area (Å²) in [5.41, 5.74) is 5.40. The first-order valence-electron chi connectivity index (χ1n) is 8.66. The zero-order chi connectivity index (χ0) is 19.7. The van der Waals surface area contributed by atoms with Crippen molar-refractivity contribution >= 4 is 17.8 Å². The molecule has 7 nitrogen and oxygen atoms in total. The lowest BCUT2D eigenvalue weighted by atomic mass is 9.93. The van der Waals surface area contributed by atoms with Crippen LogP contribution in [0.2, 0.25) is 0 Å². The third-order valence-electron chi connectivity index (χ3n) is 4.26. The predicted octanol–water partition coefficient (Wildman–Crippen LogP) is 1.75. The fourth-order valence-corrected chi connectivity index (χ4v) is 2.43. The normalized spacial score (nSPS) is 15.0. The summed E-state index contributed by atoms with van der Waals surface area (Å²) in [4.78, 5) is 38.5. The average Bonchev–Trinajstić information content (AvgIpc) is 2.55. The van der Waals surface area contributed by atoms with E-state index in [9.17, 15) is 19.5 Å². The molecule has 0 fully saturated rings. The summed E-state index contributed by atoms with van der Waals surface area (Å²) >= 11 is 0. The standard InChI is InChI=1S/C18H33N3O4/c1-7-8-9-13(4)16(23)15(17(19)24)21(6)18(25)20(5)14(22)11-10-12(2)3/h7-8,12-13,15-16,23H,9-11H2,1-6H3,(H2,19,24)/b8-7+/t13-,15?,16?/m1/s1. The first-order valence-corrected chi connectivity index (χ1v) is 8.66. The van der Waals surface area contributed by atoms with E-state index in [2.05, 4.69) is 0 Å². The van der Waals surface area contributed by atoms with Gasteiger partial charge in [-0.1, -0.05) is 32.9 Å². The molecule has 0 heterocycles. The smallest absolute Gasteiger partial charge is 0.326 e. The third kappa shape index (κ3) is 7.25. The number of likely N-dealkylation sites (N-methyl/N-ethyl adjacent to an activating group) is 1. The number of hydrogen-bond acceptors (Lipinski definition) is 4. The molecule has 0 rings (SSSR count). The van der Waals surface area contributed by atoms with Gasteiger partial charge in [-0.15, -0.1) is 0 Å². The molecule has 0 aromatic rings. The molecule has 0 aromatic carbocycles. The van der Waals surface area contributed by atoms with Gasteiger partial charge in [0.2, 0.25) is 11.8 Å². The van der Waals surface area contributed by atoms with Gasteiger partial charge in [-0.2, -0.15) is 0 Å². The SMILES string of the molecule is C/C=C/C[C@@H](C)C(O)C(C(N)=O)N(C)C(=O)N(C)C(=O)CCC(C)C. The lowest BCUT2D eigenvalue weighted by molar-refractivity contribution is -0.131. The minimum atomic E-state index is -1.20. The van der Waals surface area contributed by atoms with Crippen LogP contribution in [0.3, 0.4) is 0 Å². The van der Waals surface area contributed by atoms with Crippen LogP contribution in [-0.2, 0) is 9.59 Å². The summed E-state index contributed by atoms with van der Waals surface area (Å²) in [6.45, 7) is 7.62. The van der Waals surface area contributed by atoms with Gasteiger partial charge < -0.3 is 15.7 Å². The molecule has 25 heavy (non-hydrogen) atoms. The van der Waals surface area contributed by atoms with Gasteiger partial charge in [-0.25, -0.2) is 4.79 Å². The monoisotopic (exact) mass is 355 g/mol. The molecule has 144 valence electrons. The second-order valence-corrected chi connectivity index (χ2v) is 6.90. The van der Waals surface area contributed by atoms with E-state index >= 15 is 0 Å². The second kappa shape index (κ2) is 10.9. The van der Waals surface area contributed by atoms with E-state index in [0.717, 1.165) is 9.80 Å². The number of allylic oxidation sites excluding steroid dienone is 2. The van der Waals surface area contributed by atoms with E-state index in [1.165, 1.54) is 14.1 Å². The van der Waals surface area contributed by atoms with E-state index in [1.807, 2.05) is 32.9 Å². The number of rotatable bonds is 9. The van der Waals surface area contributed by atoms with Crippen LogP contribution < -0.4 is 5.73 Å². The van der Waals surface area contributed by atoms with E-state index in [4.69, 9.17) is 5.73 Å². The van der Waals surface area contributed by atoms with Crippen LogP contribution in [0, 0.1) is 11.8 Å². The van der Waals surface area contributed by atoms with E-state index in [0.29, 0.717) is 18.8 Å². The molecule has 4 amide bonds. The number of urea groups is 1. The fraction of sp³-hybridized carbons (Fsp3) is 0.722. The lowest BCUT2D eigenvalue weighted by Gasteiger charge is -2.34. The summed E-state index contributed by atoms with van der Waals surface area (Å²) in [5.74, 6) is -1.06. The van der Waals surface area contributed by atoms with Crippen molar-refractivity contribution in [3.05, 3.63) is 12.2 Å². The van der Waals surface area contributed by atoms with Crippen molar-refractivity contribution in [2.24, 2.45) is 17.6 Å². The van der Waals surface area contributed by atoms with Crippen molar-refractivity contribution in [1.29, 1.82) is 0 Å². The predicted molar refractivity (Wildman–Crippen MR) is 97.6 cm³/mol. The van der Waals surface area contributed by atoms with Gasteiger partial charge in [0.25, 0.3) is 0 Å². The molecule has 0 aliphatic heterocycles. The number of carbonyl (C=O) groups is 3. The number of nitrogens with zero attached hydrogens (tertiary/aromatic N) is 2. The van der Waals surface area contributed by atoms with E-state index in [1.54, 1.807) is 6.92 Å². The molecular weight excluding hydrogens is 322 g/mol. The summed E-state index contributed by atoms with van der Waals surface area (Å²) in [5, 5.41) is 10.5. The molecule has 7 heteroatoms. The van der Waals surface area contributed by atoms with Gasteiger partial charge in [-0.05, 0) is 31.6 Å². The Labute approximate surface area is 150 Å². The molecule has 0 aliphatic carbocycles. The number of nitrogens with two attached hydrogens (primary N) is 1. The molecule has 0 aliphatic rings. The van der Waals surface area contributed by atoms with Gasteiger partial charge in [0.15, 0.2) is 0 Å². The quantitative estimate of drug-likeness (QED) is 0.615. The van der Waals surface area contributed by atoms with Crippen LogP contribution in [0.1, 0.15) is 47.0 Å². The topological polar surface area (TPSA) is 104 Å². The number of imide groups is 1. The molecule has 0 saturated heterocycles. The summed E-state index contributed by atoms with van der Waals surface area (Å²) in [7, 11) is 2.74. The lowest BCUT2D eigenvalue weighted by Crippen LogP contribution is -2.57. The maximum atomic E-state index is 12.5. The van der Waals surface area contributed by atoms with Gasteiger partial charge >= 0.3 is 6.03 Å². The first-order chi connectivity index (χ1) is 11.5. The van der Waals surface area contributed by atoms with Crippen LogP contribution in [0.15, 0.2) is 12.2 Å². The van der Waals surface area contributed by atoms with Crippen LogP contribution in [-0.4, -0.2) is 59.0 Å². The number of aliphatic hydroxyl groups excluding tert-OH is 1. The van der Waals surface area contributed by atoms with E-state index < -0.39 is 24.1 Å². The molecule has 0 radical (unpaired) electrons. The summed E-state index contributed by atoms with van der Waals surface area (Å²) < 4.78 is 0. The molecule has 0 aromatic heterocycles. The molecule has 0 saturated carbocycles. The Morgan fingerprint density at radius 3 is 2.16 bits per heavy atom. The number of aliphatic hydroxyl groups is 1. The van der Waals surface area contributed by atoms with Crippen molar-refractivity contribution in [3.63, 3.8) is 0 Å². The van der Waals surface area contributed by atoms with Gasteiger partial charge in [-0.3, -0.25) is 14.5 Å². The number of carbonyl (C=O) groups excluding carboxylic acids is 3. The maximum Gasteiger partial charge on any atom is 0.326 e.